The summed E-state index contributed by atoms with van der Waals surface area (Å²) < 4.78 is 0. The number of nitrogen functional groups attached to an aromatic ring is 1. The van der Waals surface area contributed by atoms with Crippen LogP contribution in [-0.4, -0.2) is 21.5 Å². The first-order valence-corrected chi connectivity index (χ1v) is 6.38. The lowest BCUT2D eigenvalue weighted by atomic mass is 10.0. The van der Waals surface area contributed by atoms with Gasteiger partial charge >= 0.3 is 0 Å². The predicted octanol–water partition coefficient (Wildman–Crippen LogP) is 1.73. The van der Waals surface area contributed by atoms with E-state index in [-0.39, 0.29) is 0 Å². The van der Waals surface area contributed by atoms with E-state index in [1.54, 1.807) is 0 Å². The molecule has 0 saturated carbocycles. The van der Waals surface area contributed by atoms with Gasteiger partial charge in [-0.3, -0.25) is 0 Å². The third-order valence-corrected chi connectivity index (χ3v) is 3.39. The lowest BCUT2D eigenvalue weighted by molar-refractivity contribution is 0.406. The Kier molecular flexibility index (Phi) is 2.83. The molecule has 5 nitrogen and oxygen atoms in total. The summed E-state index contributed by atoms with van der Waals surface area (Å²) in [5, 5.41) is 4.33. The van der Waals surface area contributed by atoms with Gasteiger partial charge in [-0.1, -0.05) is 6.42 Å². The van der Waals surface area contributed by atoms with Crippen molar-refractivity contribution < 1.29 is 0 Å². The summed E-state index contributed by atoms with van der Waals surface area (Å²) in [4.78, 5) is 13.1. The minimum absolute atomic E-state index is 0.347. The number of aryl methyl sites for hydroxylation is 1. The van der Waals surface area contributed by atoms with Gasteiger partial charge in [0.05, 0.1) is 11.1 Å². The normalized spacial score (nSPS) is 20.2. The van der Waals surface area contributed by atoms with E-state index in [0.717, 1.165) is 24.0 Å². The quantitative estimate of drug-likeness (QED) is 0.797. The van der Waals surface area contributed by atoms with Crippen molar-refractivity contribution in [3.63, 3.8) is 0 Å². The van der Waals surface area contributed by atoms with Crippen LogP contribution in [0.15, 0.2) is 12.1 Å². The van der Waals surface area contributed by atoms with Crippen molar-refractivity contribution in [3.05, 3.63) is 23.7 Å². The Hall–Kier alpha value is -1.75. The van der Waals surface area contributed by atoms with E-state index in [1.807, 2.05) is 19.1 Å². The fourth-order valence-corrected chi connectivity index (χ4v) is 2.46. The molecular weight excluding hydrogens is 226 g/mol. The molecule has 1 aliphatic heterocycles. The molecule has 1 saturated heterocycles. The molecule has 0 spiro atoms. The summed E-state index contributed by atoms with van der Waals surface area (Å²) in [6.45, 7) is 2.90. The van der Waals surface area contributed by atoms with Crippen LogP contribution in [0.25, 0.3) is 11.0 Å². The molecule has 1 unspecified atom stereocenters. The maximum absolute atomic E-state index is 5.88. The van der Waals surface area contributed by atoms with Crippen molar-refractivity contribution in [2.24, 2.45) is 0 Å². The van der Waals surface area contributed by atoms with Crippen molar-refractivity contribution in [2.45, 2.75) is 32.2 Å². The summed E-state index contributed by atoms with van der Waals surface area (Å²) in [5.74, 6) is 1.18. The van der Waals surface area contributed by atoms with Gasteiger partial charge in [-0.15, -0.1) is 0 Å². The Morgan fingerprint density at radius 2 is 2.11 bits per heavy atom. The molecule has 0 aliphatic carbocycles. The summed E-state index contributed by atoms with van der Waals surface area (Å²) in [6.07, 6.45) is 3.64. The Labute approximate surface area is 106 Å². The van der Waals surface area contributed by atoms with E-state index in [2.05, 4.69) is 20.3 Å². The number of hydrogen-bond acceptors (Lipinski definition) is 5. The summed E-state index contributed by atoms with van der Waals surface area (Å²) >= 11 is 0. The minimum Gasteiger partial charge on any atom is -0.383 e. The predicted molar refractivity (Wildman–Crippen MR) is 71.1 cm³/mol. The Morgan fingerprint density at radius 1 is 1.22 bits per heavy atom. The van der Waals surface area contributed by atoms with Crippen LogP contribution in [0.1, 0.15) is 36.8 Å². The maximum atomic E-state index is 5.88. The molecule has 0 aromatic carbocycles. The van der Waals surface area contributed by atoms with E-state index < -0.39 is 0 Å². The summed E-state index contributed by atoms with van der Waals surface area (Å²) in [5.41, 5.74) is 7.63. The second-order valence-corrected chi connectivity index (χ2v) is 4.77. The highest BCUT2D eigenvalue weighted by atomic mass is 15.0. The van der Waals surface area contributed by atoms with E-state index in [4.69, 9.17) is 5.73 Å². The van der Waals surface area contributed by atoms with Gasteiger partial charge < -0.3 is 11.1 Å². The zero-order valence-electron chi connectivity index (χ0n) is 10.5. The number of piperidine rings is 1. The lowest BCUT2D eigenvalue weighted by Crippen LogP contribution is -2.27. The number of fused-ring (bicyclic) bond motifs is 1. The zero-order chi connectivity index (χ0) is 12.5. The molecule has 94 valence electrons. The highest BCUT2D eigenvalue weighted by molar-refractivity contribution is 5.85. The number of nitrogens with two attached hydrogens (primary N) is 1. The highest BCUT2D eigenvalue weighted by Crippen LogP contribution is 2.24. The van der Waals surface area contributed by atoms with Crippen molar-refractivity contribution >= 4 is 16.9 Å². The molecule has 3 rings (SSSR count). The van der Waals surface area contributed by atoms with Gasteiger partial charge in [0.25, 0.3) is 0 Å². The van der Waals surface area contributed by atoms with Crippen molar-refractivity contribution in [2.75, 3.05) is 12.3 Å². The standard InChI is InChI=1S/C13H17N5/c1-8-16-12(14)9-5-6-11(18-13(9)17-8)10-4-2-3-7-15-10/h5-6,10,15H,2-4,7H2,1H3,(H2,14,16,17,18). The van der Waals surface area contributed by atoms with Gasteiger partial charge in [-0.2, -0.15) is 0 Å². The maximum Gasteiger partial charge on any atom is 0.165 e. The van der Waals surface area contributed by atoms with Gasteiger partial charge in [0.15, 0.2) is 5.65 Å². The molecule has 1 aliphatic rings. The van der Waals surface area contributed by atoms with Crippen molar-refractivity contribution in [1.82, 2.24) is 20.3 Å². The summed E-state index contributed by atoms with van der Waals surface area (Å²) in [7, 11) is 0. The molecule has 3 N–H and O–H groups in total. The molecular formula is C13H17N5. The molecule has 18 heavy (non-hydrogen) atoms. The first kappa shape index (κ1) is 11.3. The SMILES string of the molecule is Cc1nc(N)c2ccc(C3CCCCN3)nc2n1. The van der Waals surface area contributed by atoms with Crippen molar-refractivity contribution in [1.29, 1.82) is 0 Å². The smallest absolute Gasteiger partial charge is 0.165 e. The van der Waals surface area contributed by atoms with Crippen LogP contribution >= 0.6 is 0 Å². The van der Waals surface area contributed by atoms with E-state index in [1.165, 1.54) is 12.8 Å². The monoisotopic (exact) mass is 243 g/mol. The van der Waals surface area contributed by atoms with E-state index in [9.17, 15) is 0 Å². The number of hydrogen-bond donors (Lipinski definition) is 2. The molecule has 5 heteroatoms. The molecule has 2 aromatic rings. The van der Waals surface area contributed by atoms with Gasteiger partial charge in [-0.05, 0) is 38.4 Å². The van der Waals surface area contributed by atoms with Gasteiger partial charge in [0, 0.05) is 6.04 Å². The zero-order valence-corrected chi connectivity index (χ0v) is 10.5. The number of nitrogens with one attached hydrogen (secondary N) is 1. The Balaban J connectivity index is 2.04. The second kappa shape index (κ2) is 4.49. The minimum atomic E-state index is 0.347. The lowest BCUT2D eigenvalue weighted by Gasteiger charge is -2.23. The Bertz CT molecular complexity index is 575. The Morgan fingerprint density at radius 3 is 2.89 bits per heavy atom. The molecule has 0 radical (unpaired) electrons. The topological polar surface area (TPSA) is 76.7 Å². The fraction of sp³-hybridized carbons (Fsp3) is 0.462. The van der Waals surface area contributed by atoms with Crippen LogP contribution < -0.4 is 11.1 Å². The molecule has 0 bridgehead atoms. The summed E-state index contributed by atoms with van der Waals surface area (Å²) in [6, 6.07) is 4.35. The second-order valence-electron chi connectivity index (χ2n) is 4.77. The fourth-order valence-electron chi connectivity index (χ4n) is 2.46. The largest absolute Gasteiger partial charge is 0.383 e. The van der Waals surface area contributed by atoms with E-state index >= 15 is 0 Å². The average Bonchev–Trinajstić information content (AvgIpc) is 2.39. The van der Waals surface area contributed by atoms with Gasteiger partial charge in [0.1, 0.15) is 11.6 Å². The molecule has 0 amide bonds. The van der Waals surface area contributed by atoms with Crippen LogP contribution in [0.2, 0.25) is 0 Å². The highest BCUT2D eigenvalue weighted by Gasteiger charge is 2.16. The molecule has 3 heterocycles. The number of pyridine rings is 1. The van der Waals surface area contributed by atoms with Crippen LogP contribution in [-0.2, 0) is 0 Å². The first-order valence-electron chi connectivity index (χ1n) is 6.38. The third kappa shape index (κ3) is 2.01. The molecule has 2 aromatic heterocycles. The van der Waals surface area contributed by atoms with Crippen molar-refractivity contribution in [3.8, 4) is 0 Å². The van der Waals surface area contributed by atoms with E-state index in [0.29, 0.717) is 23.3 Å². The molecule has 1 fully saturated rings. The number of anilines is 1. The number of aromatic nitrogens is 3. The molecule has 1 atom stereocenters. The van der Waals surface area contributed by atoms with Crippen LogP contribution in [0.5, 0.6) is 0 Å². The van der Waals surface area contributed by atoms with Gasteiger partial charge in [0.2, 0.25) is 0 Å². The van der Waals surface area contributed by atoms with Crippen LogP contribution in [0.3, 0.4) is 0 Å². The third-order valence-electron chi connectivity index (χ3n) is 3.39. The number of nitrogens with zero attached hydrogens (tertiary/aromatic N) is 3. The first-order chi connectivity index (χ1) is 8.74. The number of rotatable bonds is 1. The average molecular weight is 243 g/mol. The van der Waals surface area contributed by atoms with Crippen LogP contribution in [0.4, 0.5) is 5.82 Å². The van der Waals surface area contributed by atoms with Gasteiger partial charge in [-0.25, -0.2) is 15.0 Å². The van der Waals surface area contributed by atoms with Crippen LogP contribution in [0, 0.1) is 6.92 Å².